The lowest BCUT2D eigenvalue weighted by atomic mass is 9.93. The Bertz CT molecular complexity index is 1210. The molecule has 0 radical (unpaired) electrons. The smallest absolute Gasteiger partial charge is 0.113 e. The SMILES string of the molecule is C[Si]1(C)C2=CC3=NC(c4ccc5ccccc5c4)=C(C4=CC=CC4)C3=C21. The van der Waals surface area contributed by atoms with Crippen LogP contribution in [-0.4, -0.2) is 13.8 Å². The highest BCUT2D eigenvalue weighted by atomic mass is 28.3. The van der Waals surface area contributed by atoms with Crippen molar-refractivity contribution in [1.82, 2.24) is 0 Å². The lowest BCUT2D eigenvalue weighted by molar-refractivity contribution is 1.27. The molecule has 0 aromatic heterocycles. The Kier molecular flexibility index (Phi) is 2.62. The highest BCUT2D eigenvalue weighted by Crippen LogP contribution is 2.58. The standard InChI is InChI=1S/C24H19NSi/c1-26(2)20-14-19-22(24(20)26)21(16-8-4-5-9-16)23(25-19)18-12-11-15-7-3-6-10-17(15)13-18/h3-8,10-14H,9H2,1-2H3. The Morgan fingerprint density at radius 2 is 1.81 bits per heavy atom. The van der Waals surface area contributed by atoms with E-state index >= 15 is 0 Å². The lowest BCUT2D eigenvalue weighted by Crippen LogP contribution is -2.09. The van der Waals surface area contributed by atoms with E-state index in [1.54, 1.807) is 10.4 Å². The average molecular weight is 350 g/mol. The first-order valence-electron chi connectivity index (χ1n) is 9.31. The van der Waals surface area contributed by atoms with E-state index in [-0.39, 0.29) is 0 Å². The first-order valence-corrected chi connectivity index (χ1v) is 12.3. The Hall–Kier alpha value is -2.71. The van der Waals surface area contributed by atoms with Crippen LogP contribution in [0.25, 0.3) is 16.5 Å². The zero-order chi connectivity index (χ0) is 17.5. The molecule has 2 heterocycles. The third-order valence-electron chi connectivity index (χ3n) is 6.13. The molecule has 0 bridgehead atoms. The molecular formula is C24H19NSi. The van der Waals surface area contributed by atoms with Crippen LogP contribution in [-0.2, 0) is 0 Å². The van der Waals surface area contributed by atoms with Crippen molar-refractivity contribution in [3.8, 4) is 0 Å². The summed E-state index contributed by atoms with van der Waals surface area (Å²) in [5, 5.41) is 5.83. The summed E-state index contributed by atoms with van der Waals surface area (Å²) < 4.78 is 0. The van der Waals surface area contributed by atoms with Crippen LogP contribution in [0, 0.1) is 0 Å². The van der Waals surface area contributed by atoms with Gasteiger partial charge in [-0.05, 0) is 40.1 Å². The summed E-state index contributed by atoms with van der Waals surface area (Å²) in [6.07, 6.45) is 10.1. The topological polar surface area (TPSA) is 12.4 Å². The van der Waals surface area contributed by atoms with Crippen molar-refractivity contribution in [3.63, 3.8) is 0 Å². The number of hydrogen-bond donors (Lipinski definition) is 0. The zero-order valence-electron chi connectivity index (χ0n) is 15.0. The van der Waals surface area contributed by atoms with E-state index < -0.39 is 8.07 Å². The van der Waals surface area contributed by atoms with E-state index in [9.17, 15) is 0 Å². The van der Waals surface area contributed by atoms with E-state index in [1.165, 1.54) is 38.8 Å². The second kappa shape index (κ2) is 4.71. The minimum Gasteiger partial charge on any atom is -0.247 e. The number of fused-ring (bicyclic) bond motifs is 3. The minimum absolute atomic E-state index is 1.02. The summed E-state index contributed by atoms with van der Waals surface area (Å²) in [4.78, 5) is 5.12. The fraction of sp³-hybridized carbons (Fsp3) is 0.125. The fourth-order valence-corrected chi connectivity index (χ4v) is 7.98. The van der Waals surface area contributed by atoms with Gasteiger partial charge in [0.1, 0.15) is 8.07 Å². The van der Waals surface area contributed by atoms with Gasteiger partial charge in [-0.15, -0.1) is 0 Å². The zero-order valence-corrected chi connectivity index (χ0v) is 16.0. The predicted molar refractivity (Wildman–Crippen MR) is 113 cm³/mol. The molecule has 0 N–H and O–H groups in total. The molecular weight excluding hydrogens is 330 g/mol. The van der Waals surface area contributed by atoms with Gasteiger partial charge in [0.25, 0.3) is 0 Å². The largest absolute Gasteiger partial charge is 0.247 e. The van der Waals surface area contributed by atoms with E-state index in [2.05, 4.69) is 79.9 Å². The van der Waals surface area contributed by atoms with Crippen LogP contribution < -0.4 is 0 Å². The van der Waals surface area contributed by atoms with Crippen LogP contribution in [0.4, 0.5) is 0 Å². The summed E-state index contributed by atoms with van der Waals surface area (Å²) in [6, 6.07) is 15.3. The Balaban J connectivity index is 1.60. The van der Waals surface area contributed by atoms with Gasteiger partial charge in [0.2, 0.25) is 0 Å². The van der Waals surface area contributed by atoms with Crippen LogP contribution in [0.3, 0.4) is 0 Å². The van der Waals surface area contributed by atoms with Gasteiger partial charge in [0.15, 0.2) is 0 Å². The second-order valence-electron chi connectivity index (χ2n) is 8.04. The lowest BCUT2D eigenvalue weighted by Gasteiger charge is -2.11. The van der Waals surface area contributed by atoms with Gasteiger partial charge in [-0.2, -0.15) is 0 Å². The molecule has 1 saturated heterocycles. The van der Waals surface area contributed by atoms with Gasteiger partial charge in [-0.3, -0.25) is 0 Å². The van der Waals surface area contributed by atoms with Crippen molar-refractivity contribution in [3.05, 3.63) is 99.4 Å². The van der Waals surface area contributed by atoms with Crippen LogP contribution in [0.2, 0.25) is 13.1 Å². The van der Waals surface area contributed by atoms with Crippen LogP contribution >= 0.6 is 0 Å². The molecule has 0 unspecified atom stereocenters. The van der Waals surface area contributed by atoms with Crippen LogP contribution in [0.1, 0.15) is 12.0 Å². The minimum atomic E-state index is -1.28. The molecule has 0 atom stereocenters. The van der Waals surface area contributed by atoms with Gasteiger partial charge in [0.05, 0.1) is 11.4 Å². The summed E-state index contributed by atoms with van der Waals surface area (Å²) in [5.41, 5.74) is 7.86. The number of nitrogens with zero attached hydrogens (tertiary/aromatic N) is 1. The molecule has 1 nitrogen and oxygen atoms in total. The number of rotatable bonds is 2. The monoisotopic (exact) mass is 349 g/mol. The number of allylic oxidation sites excluding steroid dienone is 9. The van der Waals surface area contributed by atoms with Crippen LogP contribution in [0.5, 0.6) is 0 Å². The number of benzene rings is 2. The van der Waals surface area contributed by atoms with Gasteiger partial charge < -0.3 is 0 Å². The Morgan fingerprint density at radius 1 is 0.962 bits per heavy atom. The molecule has 2 aliphatic heterocycles. The third-order valence-corrected chi connectivity index (χ3v) is 9.39. The molecule has 2 heteroatoms. The molecule has 6 rings (SSSR count). The van der Waals surface area contributed by atoms with E-state index in [4.69, 9.17) is 4.99 Å². The average Bonchev–Trinajstić information content (AvgIpc) is 3.17. The van der Waals surface area contributed by atoms with Crippen molar-refractivity contribution in [2.45, 2.75) is 19.5 Å². The molecule has 0 spiro atoms. The van der Waals surface area contributed by atoms with Crippen molar-refractivity contribution < 1.29 is 0 Å². The quantitative estimate of drug-likeness (QED) is 0.596. The molecule has 0 saturated carbocycles. The number of hydrogen-bond acceptors (Lipinski definition) is 1. The maximum atomic E-state index is 5.12. The van der Waals surface area contributed by atoms with Crippen molar-refractivity contribution in [2.24, 2.45) is 4.99 Å². The highest BCUT2D eigenvalue weighted by Gasteiger charge is 2.56. The Morgan fingerprint density at radius 3 is 2.62 bits per heavy atom. The summed E-state index contributed by atoms with van der Waals surface area (Å²) >= 11 is 0. The van der Waals surface area contributed by atoms with E-state index in [1.807, 2.05) is 0 Å². The van der Waals surface area contributed by atoms with Gasteiger partial charge in [0, 0.05) is 16.7 Å². The maximum Gasteiger partial charge on any atom is 0.113 e. The summed E-state index contributed by atoms with van der Waals surface area (Å²) in [5.74, 6) is 0. The van der Waals surface area contributed by atoms with Gasteiger partial charge in [-0.1, -0.05) is 72.9 Å². The summed E-state index contributed by atoms with van der Waals surface area (Å²) in [6.45, 7) is 4.93. The van der Waals surface area contributed by atoms with Crippen molar-refractivity contribution >= 4 is 30.3 Å². The molecule has 26 heavy (non-hydrogen) atoms. The highest BCUT2D eigenvalue weighted by molar-refractivity contribution is 7.07. The number of aliphatic imine (C=N–C) groups is 1. The molecule has 2 aliphatic carbocycles. The first kappa shape index (κ1) is 14.5. The molecule has 124 valence electrons. The molecule has 2 aromatic carbocycles. The summed E-state index contributed by atoms with van der Waals surface area (Å²) in [7, 11) is -1.28. The van der Waals surface area contributed by atoms with Gasteiger partial charge in [-0.25, -0.2) is 4.99 Å². The van der Waals surface area contributed by atoms with Crippen molar-refractivity contribution in [1.29, 1.82) is 0 Å². The molecule has 4 aliphatic rings. The molecule has 0 amide bonds. The maximum absolute atomic E-state index is 5.12. The normalized spacial score (nSPS) is 21.8. The molecule has 2 aromatic rings. The van der Waals surface area contributed by atoms with Gasteiger partial charge >= 0.3 is 0 Å². The second-order valence-corrected chi connectivity index (χ2v) is 12.3. The predicted octanol–water partition coefficient (Wildman–Crippen LogP) is 5.93. The third kappa shape index (κ3) is 1.77. The fourth-order valence-electron chi connectivity index (χ4n) is 4.66. The first-order chi connectivity index (χ1) is 12.6. The van der Waals surface area contributed by atoms with Crippen LogP contribution in [0.15, 0.2) is 98.9 Å². The van der Waals surface area contributed by atoms with E-state index in [0.29, 0.717) is 0 Å². The van der Waals surface area contributed by atoms with Crippen molar-refractivity contribution in [2.75, 3.05) is 0 Å². The Labute approximate surface area is 154 Å². The van der Waals surface area contributed by atoms with E-state index in [0.717, 1.165) is 12.1 Å². The molecule has 1 fully saturated rings.